The summed E-state index contributed by atoms with van der Waals surface area (Å²) in [4.78, 5) is 22.4. The molecule has 0 spiro atoms. The van der Waals surface area contributed by atoms with Crippen LogP contribution in [0.4, 0.5) is 0 Å². The van der Waals surface area contributed by atoms with Crippen molar-refractivity contribution in [3.05, 3.63) is 59.7 Å². The van der Waals surface area contributed by atoms with E-state index in [0.717, 1.165) is 36.8 Å². The number of para-hydroxylation sites is 2. The third-order valence-corrected chi connectivity index (χ3v) is 7.08. The van der Waals surface area contributed by atoms with Crippen molar-refractivity contribution in [1.82, 2.24) is 0 Å². The van der Waals surface area contributed by atoms with Crippen LogP contribution in [0.1, 0.15) is 89.2 Å². The highest BCUT2D eigenvalue weighted by Gasteiger charge is 2.06. The standard InChI is InChI=1S/C30H42O4S/c1-25(31)33-29-21-13-11-19-27(29)17-9-5-3-7-15-23-35-24-16-8-4-6-10-18-28-20-12-14-22-30(28)34-26(2)32/h11-14,19-22H,3-10,15-18,23-24H2,1-2H3. The molecular formula is C30H42O4S. The number of hydrogen-bond acceptors (Lipinski definition) is 5. The first-order valence-electron chi connectivity index (χ1n) is 13.2. The first-order chi connectivity index (χ1) is 17.1. The third kappa shape index (κ3) is 13.4. The van der Waals surface area contributed by atoms with Crippen molar-refractivity contribution in [2.45, 2.75) is 90.9 Å². The van der Waals surface area contributed by atoms with Crippen LogP contribution in [0.25, 0.3) is 0 Å². The zero-order chi connectivity index (χ0) is 25.1. The molecule has 0 atom stereocenters. The number of carbonyl (C=O) groups is 2. The van der Waals surface area contributed by atoms with E-state index in [1.165, 1.54) is 76.7 Å². The number of ether oxygens (including phenoxy) is 2. The van der Waals surface area contributed by atoms with Crippen molar-refractivity contribution in [3.8, 4) is 11.5 Å². The van der Waals surface area contributed by atoms with E-state index in [0.29, 0.717) is 11.5 Å². The van der Waals surface area contributed by atoms with Gasteiger partial charge in [-0.2, -0.15) is 11.8 Å². The summed E-state index contributed by atoms with van der Waals surface area (Å²) in [7, 11) is 0. The molecular weight excluding hydrogens is 456 g/mol. The second kappa shape index (κ2) is 18.1. The Hall–Kier alpha value is -2.27. The van der Waals surface area contributed by atoms with Crippen LogP contribution in [-0.4, -0.2) is 23.4 Å². The van der Waals surface area contributed by atoms with Crippen molar-refractivity contribution >= 4 is 23.7 Å². The smallest absolute Gasteiger partial charge is 0.308 e. The quantitative estimate of drug-likeness (QED) is 0.119. The maximum atomic E-state index is 11.2. The number of rotatable bonds is 18. The molecule has 0 aromatic heterocycles. The number of unbranched alkanes of at least 4 members (excludes halogenated alkanes) is 8. The fraction of sp³-hybridized carbons (Fsp3) is 0.533. The molecule has 0 aliphatic rings. The lowest BCUT2D eigenvalue weighted by Gasteiger charge is -2.09. The molecule has 2 rings (SSSR count). The summed E-state index contributed by atoms with van der Waals surface area (Å²) in [5.74, 6) is 3.44. The summed E-state index contributed by atoms with van der Waals surface area (Å²) in [6, 6.07) is 15.7. The Morgan fingerprint density at radius 2 is 0.943 bits per heavy atom. The van der Waals surface area contributed by atoms with Crippen LogP contribution in [0.2, 0.25) is 0 Å². The topological polar surface area (TPSA) is 52.6 Å². The third-order valence-electron chi connectivity index (χ3n) is 5.92. The Bertz CT molecular complexity index is 809. The van der Waals surface area contributed by atoms with Crippen LogP contribution in [-0.2, 0) is 22.4 Å². The van der Waals surface area contributed by atoms with Gasteiger partial charge in [0.25, 0.3) is 0 Å². The van der Waals surface area contributed by atoms with Crippen molar-refractivity contribution in [2.24, 2.45) is 0 Å². The monoisotopic (exact) mass is 498 g/mol. The van der Waals surface area contributed by atoms with E-state index in [1.54, 1.807) is 0 Å². The molecule has 0 fully saturated rings. The lowest BCUT2D eigenvalue weighted by atomic mass is 10.0. The van der Waals surface area contributed by atoms with E-state index >= 15 is 0 Å². The average molecular weight is 499 g/mol. The highest BCUT2D eigenvalue weighted by atomic mass is 32.2. The van der Waals surface area contributed by atoms with E-state index in [9.17, 15) is 9.59 Å². The molecule has 4 nitrogen and oxygen atoms in total. The molecule has 2 aromatic rings. The lowest BCUT2D eigenvalue weighted by molar-refractivity contribution is -0.132. The highest BCUT2D eigenvalue weighted by molar-refractivity contribution is 7.99. The molecule has 0 saturated carbocycles. The van der Waals surface area contributed by atoms with Gasteiger partial charge in [-0.15, -0.1) is 0 Å². The molecule has 0 saturated heterocycles. The summed E-state index contributed by atoms with van der Waals surface area (Å²) in [6.45, 7) is 2.90. The largest absolute Gasteiger partial charge is 0.426 e. The van der Waals surface area contributed by atoms with Gasteiger partial charge < -0.3 is 9.47 Å². The summed E-state index contributed by atoms with van der Waals surface area (Å²) < 4.78 is 10.6. The van der Waals surface area contributed by atoms with Crippen LogP contribution in [0.3, 0.4) is 0 Å². The summed E-state index contributed by atoms with van der Waals surface area (Å²) in [6.07, 6.45) is 14.4. The molecule has 0 amide bonds. The number of benzene rings is 2. The number of thioether (sulfide) groups is 1. The maximum Gasteiger partial charge on any atom is 0.308 e. The van der Waals surface area contributed by atoms with Gasteiger partial charge in [-0.25, -0.2) is 0 Å². The molecule has 0 unspecified atom stereocenters. The van der Waals surface area contributed by atoms with Crippen molar-refractivity contribution in [2.75, 3.05) is 11.5 Å². The van der Waals surface area contributed by atoms with Crippen LogP contribution >= 0.6 is 11.8 Å². The van der Waals surface area contributed by atoms with Crippen LogP contribution in [0.5, 0.6) is 11.5 Å². The Morgan fingerprint density at radius 3 is 1.37 bits per heavy atom. The zero-order valence-electron chi connectivity index (χ0n) is 21.6. The van der Waals surface area contributed by atoms with Gasteiger partial charge in [-0.1, -0.05) is 74.9 Å². The molecule has 0 radical (unpaired) electrons. The Kier molecular flexibility index (Phi) is 14.9. The van der Waals surface area contributed by atoms with E-state index in [4.69, 9.17) is 9.47 Å². The van der Waals surface area contributed by atoms with Gasteiger partial charge in [0.05, 0.1) is 0 Å². The predicted molar refractivity (Wildman–Crippen MR) is 146 cm³/mol. The van der Waals surface area contributed by atoms with E-state index in [2.05, 4.69) is 23.9 Å². The molecule has 0 aliphatic heterocycles. The predicted octanol–water partition coefficient (Wildman–Crippen LogP) is 7.96. The number of hydrogen-bond donors (Lipinski definition) is 0. The molecule has 5 heteroatoms. The van der Waals surface area contributed by atoms with Gasteiger partial charge in [-0.05, 0) is 73.3 Å². The Morgan fingerprint density at radius 1 is 0.571 bits per heavy atom. The highest BCUT2D eigenvalue weighted by Crippen LogP contribution is 2.22. The average Bonchev–Trinajstić information content (AvgIpc) is 2.83. The van der Waals surface area contributed by atoms with Crippen molar-refractivity contribution in [1.29, 1.82) is 0 Å². The Labute approximate surface area is 216 Å². The van der Waals surface area contributed by atoms with E-state index in [-0.39, 0.29) is 11.9 Å². The molecule has 0 bridgehead atoms. The summed E-state index contributed by atoms with van der Waals surface area (Å²) in [5.41, 5.74) is 2.26. The summed E-state index contributed by atoms with van der Waals surface area (Å²) >= 11 is 2.09. The second-order valence-electron chi connectivity index (χ2n) is 9.05. The number of esters is 2. The number of carbonyl (C=O) groups excluding carboxylic acids is 2. The first-order valence-corrected chi connectivity index (χ1v) is 14.3. The molecule has 0 aliphatic carbocycles. The molecule has 0 heterocycles. The molecule has 192 valence electrons. The summed E-state index contributed by atoms with van der Waals surface area (Å²) in [5, 5.41) is 0. The van der Waals surface area contributed by atoms with Gasteiger partial charge in [0, 0.05) is 13.8 Å². The molecule has 2 aromatic carbocycles. The van der Waals surface area contributed by atoms with Crippen LogP contribution < -0.4 is 9.47 Å². The van der Waals surface area contributed by atoms with Gasteiger partial charge in [0.1, 0.15) is 11.5 Å². The Balaban J connectivity index is 1.39. The second-order valence-corrected chi connectivity index (χ2v) is 10.3. The SMILES string of the molecule is CC(=O)Oc1ccccc1CCCCCCCSCCCCCCCc1ccccc1OC(C)=O. The normalized spacial score (nSPS) is 10.8. The molecule has 35 heavy (non-hydrogen) atoms. The van der Waals surface area contributed by atoms with Gasteiger partial charge in [0.15, 0.2) is 0 Å². The van der Waals surface area contributed by atoms with Crippen molar-refractivity contribution in [3.63, 3.8) is 0 Å². The fourth-order valence-electron chi connectivity index (χ4n) is 4.13. The fourth-order valence-corrected chi connectivity index (χ4v) is 5.15. The van der Waals surface area contributed by atoms with Crippen molar-refractivity contribution < 1.29 is 19.1 Å². The minimum atomic E-state index is -0.255. The minimum Gasteiger partial charge on any atom is -0.426 e. The van der Waals surface area contributed by atoms with Gasteiger partial charge in [0.2, 0.25) is 0 Å². The lowest BCUT2D eigenvalue weighted by Crippen LogP contribution is -2.03. The molecule has 0 N–H and O–H groups in total. The maximum absolute atomic E-state index is 11.2. The van der Waals surface area contributed by atoms with E-state index < -0.39 is 0 Å². The van der Waals surface area contributed by atoms with Gasteiger partial charge in [-0.3, -0.25) is 9.59 Å². The number of aryl methyl sites for hydroxylation is 2. The van der Waals surface area contributed by atoms with Gasteiger partial charge >= 0.3 is 11.9 Å². The first kappa shape index (κ1) is 29.0. The van der Waals surface area contributed by atoms with Crippen LogP contribution in [0.15, 0.2) is 48.5 Å². The van der Waals surface area contributed by atoms with Crippen LogP contribution in [0, 0.1) is 0 Å². The zero-order valence-corrected chi connectivity index (χ0v) is 22.4. The minimum absolute atomic E-state index is 0.255. The van der Waals surface area contributed by atoms with E-state index in [1.807, 2.05) is 36.4 Å².